The highest BCUT2D eigenvalue weighted by Gasteiger charge is 2.36. The number of benzene rings is 1. The first kappa shape index (κ1) is 15.9. The van der Waals surface area contributed by atoms with E-state index in [4.69, 9.17) is 0 Å². The molecular weight excluding hydrogens is 296 g/mol. The summed E-state index contributed by atoms with van der Waals surface area (Å²) in [6.45, 7) is 3.25. The van der Waals surface area contributed by atoms with E-state index in [1.807, 2.05) is 0 Å². The molecule has 0 heterocycles. The third kappa shape index (κ3) is 3.22. The minimum Gasteiger partial charge on any atom is -0.389 e. The fourth-order valence-electron chi connectivity index (χ4n) is 2.20. The van der Waals surface area contributed by atoms with Crippen LogP contribution in [0.2, 0.25) is 0 Å². The molecule has 1 saturated carbocycles. The Labute approximate surface area is 123 Å². The third-order valence-corrected chi connectivity index (χ3v) is 5.37. The number of aliphatic hydroxyl groups is 1. The Hall–Kier alpha value is -1.51. The fourth-order valence-corrected chi connectivity index (χ4v) is 3.56. The molecule has 0 radical (unpaired) electrons. The molecule has 1 aromatic carbocycles. The van der Waals surface area contributed by atoms with Crippen molar-refractivity contribution in [2.45, 2.75) is 43.6 Å². The summed E-state index contributed by atoms with van der Waals surface area (Å²) in [7, 11) is -4.04. The lowest BCUT2D eigenvalue weighted by Gasteiger charge is -2.36. The molecule has 1 aromatic rings. The smallest absolute Gasteiger partial charge is 0.289 e. The van der Waals surface area contributed by atoms with Crippen LogP contribution in [-0.4, -0.2) is 30.6 Å². The van der Waals surface area contributed by atoms with Gasteiger partial charge in [0.1, 0.15) is 0 Å². The molecule has 8 heteroatoms. The van der Waals surface area contributed by atoms with Crippen LogP contribution >= 0.6 is 0 Å². The monoisotopic (exact) mass is 314 g/mol. The van der Waals surface area contributed by atoms with E-state index >= 15 is 0 Å². The van der Waals surface area contributed by atoms with Crippen molar-refractivity contribution in [3.63, 3.8) is 0 Å². The van der Waals surface area contributed by atoms with E-state index in [0.29, 0.717) is 24.0 Å². The molecule has 0 aliphatic heterocycles. The first-order chi connectivity index (χ1) is 9.65. The second kappa shape index (κ2) is 5.36. The van der Waals surface area contributed by atoms with Crippen LogP contribution in [0.3, 0.4) is 0 Å². The van der Waals surface area contributed by atoms with E-state index in [1.165, 1.54) is 12.1 Å². The summed E-state index contributed by atoms with van der Waals surface area (Å²) < 4.78 is 26.8. The van der Waals surface area contributed by atoms with Gasteiger partial charge in [-0.25, -0.2) is 13.1 Å². The zero-order chi connectivity index (χ0) is 15.8. The third-order valence-electron chi connectivity index (χ3n) is 3.94. The van der Waals surface area contributed by atoms with Crippen molar-refractivity contribution in [2.75, 3.05) is 6.54 Å². The molecule has 0 aromatic heterocycles. The molecule has 0 atom stereocenters. The van der Waals surface area contributed by atoms with Crippen molar-refractivity contribution in [3.8, 4) is 0 Å². The number of nitrogens with zero attached hydrogens (tertiary/aromatic N) is 1. The van der Waals surface area contributed by atoms with Crippen molar-refractivity contribution in [2.24, 2.45) is 0 Å². The molecule has 1 aliphatic carbocycles. The van der Waals surface area contributed by atoms with Crippen molar-refractivity contribution >= 4 is 15.7 Å². The van der Waals surface area contributed by atoms with Gasteiger partial charge in [-0.15, -0.1) is 0 Å². The summed E-state index contributed by atoms with van der Waals surface area (Å²) in [5, 5.41) is 21.0. The number of nitro benzene ring substituents is 1. The zero-order valence-electron chi connectivity index (χ0n) is 11.9. The van der Waals surface area contributed by atoms with E-state index in [1.54, 1.807) is 13.8 Å². The van der Waals surface area contributed by atoms with Gasteiger partial charge in [0.15, 0.2) is 4.90 Å². The van der Waals surface area contributed by atoms with Gasteiger partial charge in [-0.1, -0.05) is 0 Å². The highest BCUT2D eigenvalue weighted by Crippen LogP contribution is 2.32. The molecule has 21 heavy (non-hydrogen) atoms. The van der Waals surface area contributed by atoms with Gasteiger partial charge in [-0.05, 0) is 50.3 Å². The average Bonchev–Trinajstić information content (AvgIpc) is 2.36. The first-order valence-corrected chi connectivity index (χ1v) is 8.11. The first-order valence-electron chi connectivity index (χ1n) is 6.62. The molecule has 1 aliphatic rings. The maximum absolute atomic E-state index is 12.3. The highest BCUT2D eigenvalue weighted by atomic mass is 32.2. The van der Waals surface area contributed by atoms with Crippen molar-refractivity contribution in [3.05, 3.63) is 33.4 Å². The van der Waals surface area contributed by atoms with Gasteiger partial charge < -0.3 is 5.11 Å². The van der Waals surface area contributed by atoms with Gasteiger partial charge in [-0.2, -0.15) is 0 Å². The predicted octanol–water partition coefficient (Wildman–Crippen LogP) is 1.40. The van der Waals surface area contributed by atoms with Crippen LogP contribution in [0.4, 0.5) is 5.69 Å². The van der Waals surface area contributed by atoms with Gasteiger partial charge in [0, 0.05) is 12.6 Å². The number of aryl methyl sites for hydroxylation is 2. The average molecular weight is 314 g/mol. The van der Waals surface area contributed by atoms with Crippen molar-refractivity contribution < 1.29 is 18.4 Å². The van der Waals surface area contributed by atoms with E-state index in [-0.39, 0.29) is 11.4 Å². The van der Waals surface area contributed by atoms with Crippen molar-refractivity contribution in [1.82, 2.24) is 4.72 Å². The summed E-state index contributed by atoms with van der Waals surface area (Å²) >= 11 is 0. The SMILES string of the molecule is Cc1cc([N+](=O)[O-])c(S(=O)(=O)NCC2(O)CCC2)cc1C. The van der Waals surface area contributed by atoms with Crippen LogP contribution in [-0.2, 0) is 10.0 Å². The molecule has 116 valence electrons. The summed E-state index contributed by atoms with van der Waals surface area (Å²) in [5.41, 5.74) is -0.172. The van der Waals surface area contributed by atoms with E-state index in [0.717, 1.165) is 6.42 Å². The molecule has 0 bridgehead atoms. The van der Waals surface area contributed by atoms with Gasteiger partial charge in [0.2, 0.25) is 10.0 Å². The van der Waals surface area contributed by atoms with Crippen molar-refractivity contribution in [1.29, 1.82) is 0 Å². The lowest BCUT2D eigenvalue weighted by atomic mass is 9.81. The maximum atomic E-state index is 12.3. The Bertz CT molecular complexity index is 680. The van der Waals surface area contributed by atoms with Gasteiger partial charge in [-0.3, -0.25) is 10.1 Å². The fraction of sp³-hybridized carbons (Fsp3) is 0.538. The summed E-state index contributed by atoms with van der Waals surface area (Å²) in [6, 6.07) is 2.54. The minimum atomic E-state index is -4.04. The molecule has 0 amide bonds. The normalized spacial score (nSPS) is 17.3. The van der Waals surface area contributed by atoms with Gasteiger partial charge >= 0.3 is 0 Å². The van der Waals surface area contributed by atoms with Crippen LogP contribution in [0.5, 0.6) is 0 Å². The van der Waals surface area contributed by atoms with Crippen LogP contribution in [0, 0.1) is 24.0 Å². The van der Waals surface area contributed by atoms with Crippen LogP contribution in [0.1, 0.15) is 30.4 Å². The molecule has 2 rings (SSSR count). The van der Waals surface area contributed by atoms with Gasteiger partial charge in [0.25, 0.3) is 5.69 Å². The quantitative estimate of drug-likeness (QED) is 0.630. The topological polar surface area (TPSA) is 110 Å². The molecular formula is C13H18N2O5S. The standard InChI is InChI=1S/C13H18N2O5S/c1-9-6-11(15(17)18)12(7-10(9)2)21(19,20)14-8-13(16)4-3-5-13/h6-7,14,16H,3-5,8H2,1-2H3. The number of hydrogen-bond acceptors (Lipinski definition) is 5. The number of rotatable bonds is 5. The van der Waals surface area contributed by atoms with E-state index in [2.05, 4.69) is 4.72 Å². The van der Waals surface area contributed by atoms with Crippen LogP contribution in [0.15, 0.2) is 17.0 Å². The van der Waals surface area contributed by atoms with E-state index in [9.17, 15) is 23.6 Å². The molecule has 0 spiro atoms. The largest absolute Gasteiger partial charge is 0.389 e. The number of sulfonamides is 1. The lowest BCUT2D eigenvalue weighted by molar-refractivity contribution is -0.387. The maximum Gasteiger partial charge on any atom is 0.289 e. The van der Waals surface area contributed by atoms with E-state index < -0.39 is 26.2 Å². The summed E-state index contributed by atoms with van der Waals surface area (Å²) in [5.74, 6) is 0. The second-order valence-corrected chi connectivity index (χ2v) is 7.30. The molecule has 0 unspecified atom stereocenters. The zero-order valence-corrected chi connectivity index (χ0v) is 12.7. The number of hydrogen-bond donors (Lipinski definition) is 2. The Balaban J connectivity index is 2.34. The number of nitro groups is 1. The molecule has 1 fully saturated rings. The van der Waals surface area contributed by atoms with Gasteiger partial charge in [0.05, 0.1) is 10.5 Å². The highest BCUT2D eigenvalue weighted by molar-refractivity contribution is 7.89. The predicted molar refractivity (Wildman–Crippen MR) is 76.6 cm³/mol. The summed E-state index contributed by atoms with van der Waals surface area (Å²) in [4.78, 5) is 9.99. The van der Waals surface area contributed by atoms with Crippen LogP contribution < -0.4 is 4.72 Å². The Morgan fingerprint density at radius 1 is 1.33 bits per heavy atom. The molecule has 2 N–H and O–H groups in total. The Morgan fingerprint density at radius 3 is 2.38 bits per heavy atom. The lowest BCUT2D eigenvalue weighted by Crippen LogP contribution is -2.47. The molecule has 0 saturated heterocycles. The second-order valence-electron chi connectivity index (χ2n) is 5.56. The Kier molecular flexibility index (Phi) is 4.05. The van der Waals surface area contributed by atoms with Crippen LogP contribution in [0.25, 0.3) is 0 Å². The Morgan fingerprint density at radius 2 is 1.90 bits per heavy atom. The minimum absolute atomic E-state index is 0.126. The molecule has 7 nitrogen and oxygen atoms in total. The summed E-state index contributed by atoms with van der Waals surface area (Å²) in [6.07, 6.45) is 1.91. The number of nitrogens with one attached hydrogen (secondary N) is 1.